The highest BCUT2D eigenvalue weighted by molar-refractivity contribution is 5.97. The second kappa shape index (κ2) is 7.10. The summed E-state index contributed by atoms with van der Waals surface area (Å²) in [4.78, 5) is 12.4. The quantitative estimate of drug-likeness (QED) is 0.809. The minimum atomic E-state index is -0.0660. The second-order valence-electron chi connectivity index (χ2n) is 5.15. The summed E-state index contributed by atoms with van der Waals surface area (Å²) < 4.78 is 5.53. The Morgan fingerprint density at radius 2 is 2.35 bits per heavy atom. The number of nitrogens with one attached hydrogen (secondary N) is 2. The summed E-state index contributed by atoms with van der Waals surface area (Å²) in [5.41, 5.74) is 0.584. The molecule has 2 N–H and O–H groups in total. The molecule has 0 radical (unpaired) electrons. The standard InChI is InChI=1S/C16H22N2O2/c1-3-10-20-15-7-5-4-6-14(15)16(19)18-13-8-9-17-12(2)11-13/h3-7,12-13,17H,1,8-11H2,2H3,(H,18,19). The summed E-state index contributed by atoms with van der Waals surface area (Å²) in [5, 5.41) is 6.47. The molecular weight excluding hydrogens is 252 g/mol. The molecule has 0 saturated carbocycles. The molecule has 2 unspecified atom stereocenters. The Labute approximate surface area is 120 Å². The monoisotopic (exact) mass is 274 g/mol. The van der Waals surface area contributed by atoms with Crippen molar-refractivity contribution in [2.75, 3.05) is 13.2 Å². The van der Waals surface area contributed by atoms with E-state index in [9.17, 15) is 4.79 Å². The molecule has 1 amide bonds. The smallest absolute Gasteiger partial charge is 0.255 e. The third-order valence-electron chi connectivity index (χ3n) is 3.45. The molecule has 20 heavy (non-hydrogen) atoms. The highest BCUT2D eigenvalue weighted by Crippen LogP contribution is 2.19. The summed E-state index contributed by atoms with van der Waals surface area (Å²) in [6.45, 7) is 7.10. The van der Waals surface area contributed by atoms with Gasteiger partial charge in [-0.1, -0.05) is 24.8 Å². The number of hydrogen-bond donors (Lipinski definition) is 2. The van der Waals surface area contributed by atoms with Crippen LogP contribution in [0.15, 0.2) is 36.9 Å². The van der Waals surface area contributed by atoms with Crippen molar-refractivity contribution < 1.29 is 9.53 Å². The maximum absolute atomic E-state index is 12.4. The molecule has 1 fully saturated rings. The SMILES string of the molecule is C=CCOc1ccccc1C(=O)NC1CCNC(C)C1. The van der Waals surface area contributed by atoms with Crippen molar-refractivity contribution >= 4 is 5.91 Å². The maximum Gasteiger partial charge on any atom is 0.255 e. The molecule has 2 atom stereocenters. The van der Waals surface area contributed by atoms with Crippen molar-refractivity contribution in [2.45, 2.75) is 31.8 Å². The van der Waals surface area contributed by atoms with Crippen LogP contribution in [0.2, 0.25) is 0 Å². The van der Waals surface area contributed by atoms with Crippen LogP contribution in [0.3, 0.4) is 0 Å². The number of carbonyl (C=O) groups excluding carboxylic acids is 1. The van der Waals surface area contributed by atoms with E-state index in [1.807, 2.05) is 18.2 Å². The first-order chi connectivity index (χ1) is 9.70. The van der Waals surface area contributed by atoms with Crippen LogP contribution in [-0.4, -0.2) is 31.1 Å². The Hall–Kier alpha value is -1.81. The Morgan fingerprint density at radius 1 is 1.55 bits per heavy atom. The normalized spacial score (nSPS) is 22.1. The van der Waals surface area contributed by atoms with Crippen molar-refractivity contribution in [1.29, 1.82) is 0 Å². The summed E-state index contributed by atoms with van der Waals surface area (Å²) in [6.07, 6.45) is 3.59. The predicted molar refractivity (Wildman–Crippen MR) is 80.1 cm³/mol. The lowest BCUT2D eigenvalue weighted by atomic mass is 10.00. The molecule has 2 rings (SSSR count). The van der Waals surface area contributed by atoms with Crippen LogP contribution in [0.4, 0.5) is 0 Å². The highest BCUT2D eigenvalue weighted by atomic mass is 16.5. The lowest BCUT2D eigenvalue weighted by Crippen LogP contribution is -2.46. The van der Waals surface area contributed by atoms with Gasteiger partial charge in [-0.25, -0.2) is 0 Å². The number of carbonyl (C=O) groups is 1. The van der Waals surface area contributed by atoms with E-state index < -0.39 is 0 Å². The van der Waals surface area contributed by atoms with E-state index in [1.165, 1.54) is 0 Å². The Kier molecular flexibility index (Phi) is 5.18. The van der Waals surface area contributed by atoms with E-state index in [0.29, 0.717) is 24.0 Å². The van der Waals surface area contributed by atoms with Crippen molar-refractivity contribution in [3.8, 4) is 5.75 Å². The Bertz CT molecular complexity index is 473. The molecule has 1 aromatic carbocycles. The lowest BCUT2D eigenvalue weighted by molar-refractivity contribution is 0.0922. The van der Waals surface area contributed by atoms with Crippen LogP contribution in [0.25, 0.3) is 0 Å². The van der Waals surface area contributed by atoms with E-state index in [-0.39, 0.29) is 11.9 Å². The minimum absolute atomic E-state index is 0.0660. The van der Waals surface area contributed by atoms with Gasteiger partial charge in [0.25, 0.3) is 5.91 Å². The molecule has 0 aliphatic carbocycles. The van der Waals surface area contributed by atoms with Gasteiger partial charge in [0, 0.05) is 12.1 Å². The summed E-state index contributed by atoms with van der Waals surface area (Å²) in [7, 11) is 0. The average Bonchev–Trinajstić information content (AvgIpc) is 2.45. The van der Waals surface area contributed by atoms with Gasteiger partial charge in [-0.15, -0.1) is 0 Å². The maximum atomic E-state index is 12.4. The minimum Gasteiger partial charge on any atom is -0.489 e. The number of para-hydroxylation sites is 1. The zero-order chi connectivity index (χ0) is 14.4. The summed E-state index contributed by atoms with van der Waals surface area (Å²) >= 11 is 0. The third kappa shape index (κ3) is 3.84. The third-order valence-corrected chi connectivity index (χ3v) is 3.45. The van der Waals surface area contributed by atoms with E-state index >= 15 is 0 Å². The molecule has 1 aromatic rings. The molecule has 1 heterocycles. The molecule has 1 saturated heterocycles. The Balaban J connectivity index is 2.02. The first-order valence-corrected chi connectivity index (χ1v) is 7.07. The fraction of sp³-hybridized carbons (Fsp3) is 0.438. The molecule has 108 valence electrons. The van der Waals surface area contributed by atoms with Gasteiger partial charge >= 0.3 is 0 Å². The second-order valence-corrected chi connectivity index (χ2v) is 5.15. The molecule has 0 bridgehead atoms. The number of piperidine rings is 1. The fourth-order valence-electron chi connectivity index (χ4n) is 2.45. The molecule has 0 spiro atoms. The number of benzene rings is 1. The zero-order valence-corrected chi connectivity index (χ0v) is 11.9. The fourth-order valence-corrected chi connectivity index (χ4v) is 2.45. The zero-order valence-electron chi connectivity index (χ0n) is 11.9. The summed E-state index contributed by atoms with van der Waals surface area (Å²) in [6, 6.07) is 7.98. The van der Waals surface area contributed by atoms with Gasteiger partial charge in [-0.3, -0.25) is 4.79 Å². The molecular formula is C16H22N2O2. The summed E-state index contributed by atoms with van der Waals surface area (Å²) in [5.74, 6) is 0.538. The van der Waals surface area contributed by atoms with Crippen LogP contribution in [0.5, 0.6) is 5.75 Å². The molecule has 4 heteroatoms. The van der Waals surface area contributed by atoms with Gasteiger partial charge in [-0.2, -0.15) is 0 Å². The molecule has 4 nitrogen and oxygen atoms in total. The van der Waals surface area contributed by atoms with Crippen molar-refractivity contribution in [3.63, 3.8) is 0 Å². The topological polar surface area (TPSA) is 50.4 Å². The van der Waals surface area contributed by atoms with E-state index in [0.717, 1.165) is 19.4 Å². The van der Waals surface area contributed by atoms with Crippen molar-refractivity contribution in [2.24, 2.45) is 0 Å². The number of ether oxygens (including phenoxy) is 1. The molecule has 1 aliphatic rings. The average molecular weight is 274 g/mol. The van der Waals surface area contributed by atoms with Gasteiger partial charge in [0.15, 0.2) is 0 Å². The van der Waals surface area contributed by atoms with E-state index in [4.69, 9.17) is 4.74 Å². The largest absolute Gasteiger partial charge is 0.489 e. The van der Waals surface area contributed by atoms with Crippen LogP contribution in [0.1, 0.15) is 30.1 Å². The van der Waals surface area contributed by atoms with Crippen LogP contribution >= 0.6 is 0 Å². The molecule has 0 aromatic heterocycles. The van der Waals surface area contributed by atoms with Crippen molar-refractivity contribution in [3.05, 3.63) is 42.5 Å². The number of amides is 1. The van der Waals surface area contributed by atoms with Gasteiger partial charge in [0.1, 0.15) is 12.4 Å². The van der Waals surface area contributed by atoms with Gasteiger partial charge < -0.3 is 15.4 Å². The van der Waals surface area contributed by atoms with Gasteiger partial charge in [0.2, 0.25) is 0 Å². The van der Waals surface area contributed by atoms with Crippen molar-refractivity contribution in [1.82, 2.24) is 10.6 Å². The van der Waals surface area contributed by atoms with E-state index in [2.05, 4.69) is 24.1 Å². The first-order valence-electron chi connectivity index (χ1n) is 7.07. The predicted octanol–water partition coefficient (Wildman–Crippen LogP) is 2.12. The Morgan fingerprint density at radius 3 is 3.10 bits per heavy atom. The van der Waals surface area contributed by atoms with E-state index in [1.54, 1.807) is 12.1 Å². The number of hydrogen-bond acceptors (Lipinski definition) is 3. The number of rotatable bonds is 5. The van der Waals surface area contributed by atoms with Crippen LogP contribution in [0, 0.1) is 0 Å². The van der Waals surface area contributed by atoms with Gasteiger partial charge in [-0.05, 0) is 38.4 Å². The first kappa shape index (κ1) is 14.6. The molecule has 1 aliphatic heterocycles. The van der Waals surface area contributed by atoms with Crippen LogP contribution < -0.4 is 15.4 Å². The lowest BCUT2D eigenvalue weighted by Gasteiger charge is -2.28. The van der Waals surface area contributed by atoms with Gasteiger partial charge in [0.05, 0.1) is 5.56 Å². The highest BCUT2D eigenvalue weighted by Gasteiger charge is 2.21. The van der Waals surface area contributed by atoms with Crippen LogP contribution in [-0.2, 0) is 0 Å².